The number of hydrogen-bond acceptors (Lipinski definition) is 2. The fraction of sp³-hybridized carbons (Fsp3) is 0.875. The minimum Gasteiger partial charge on any atom is -0.211 e. The van der Waals surface area contributed by atoms with Gasteiger partial charge in [0.15, 0.2) is 0 Å². The van der Waals surface area contributed by atoms with Crippen LogP contribution in [-0.4, -0.2) is 11.6 Å². The molecule has 0 amide bonds. The molecule has 0 atom stereocenters. The van der Waals surface area contributed by atoms with Gasteiger partial charge in [0, 0.05) is 0 Å². The maximum absolute atomic E-state index is 10.00. The Bertz CT molecular complexity index is 155. The summed E-state index contributed by atoms with van der Waals surface area (Å²) in [6.07, 6.45) is 7.26. The van der Waals surface area contributed by atoms with Gasteiger partial charge in [-0.15, -0.1) is 0 Å². The van der Waals surface area contributed by atoms with Crippen molar-refractivity contribution in [1.82, 2.24) is 0 Å². The second kappa shape index (κ2) is 2.98. The molecule has 0 unspecified atom stereocenters. The Hall–Kier alpha value is -0.620. The van der Waals surface area contributed by atoms with Crippen molar-refractivity contribution < 1.29 is 4.79 Å². The van der Waals surface area contributed by atoms with E-state index in [2.05, 4.69) is 11.9 Å². The van der Waals surface area contributed by atoms with Crippen molar-refractivity contribution in [3.8, 4) is 0 Å². The summed E-state index contributed by atoms with van der Waals surface area (Å²) in [5, 5.41) is 0. The molecule has 1 rings (SSSR count). The van der Waals surface area contributed by atoms with Crippen LogP contribution in [0.2, 0.25) is 0 Å². The average Bonchev–Trinajstić information content (AvgIpc) is 1.84. The zero-order chi connectivity index (χ0) is 7.45. The number of rotatable bonds is 3. The quantitative estimate of drug-likeness (QED) is 0.434. The van der Waals surface area contributed by atoms with Crippen molar-refractivity contribution >= 4 is 6.08 Å². The smallest absolute Gasteiger partial charge is 0.211 e. The van der Waals surface area contributed by atoms with E-state index in [4.69, 9.17) is 0 Å². The predicted molar refractivity (Wildman–Crippen MR) is 39.6 cm³/mol. The fourth-order valence-corrected chi connectivity index (χ4v) is 1.56. The first-order chi connectivity index (χ1) is 4.83. The number of isocyanates is 1. The molecule has 0 aromatic heterocycles. The molecule has 0 aromatic carbocycles. The summed E-state index contributed by atoms with van der Waals surface area (Å²) in [7, 11) is 0. The van der Waals surface area contributed by atoms with Gasteiger partial charge >= 0.3 is 0 Å². The van der Waals surface area contributed by atoms with Crippen molar-refractivity contribution in [3.05, 3.63) is 0 Å². The molecule has 0 heterocycles. The first kappa shape index (κ1) is 7.49. The number of nitrogens with zero attached hydrogens (tertiary/aromatic N) is 1. The van der Waals surface area contributed by atoms with Gasteiger partial charge in [0.2, 0.25) is 6.08 Å². The molecule has 2 nitrogen and oxygen atoms in total. The van der Waals surface area contributed by atoms with Gasteiger partial charge in [-0.2, -0.15) is 4.99 Å². The molecule has 0 aliphatic heterocycles. The Morgan fingerprint density at radius 3 is 2.60 bits per heavy atom. The van der Waals surface area contributed by atoms with Crippen LogP contribution in [0.25, 0.3) is 0 Å². The normalized spacial score (nSPS) is 20.9. The summed E-state index contributed by atoms with van der Waals surface area (Å²) >= 11 is 0. The van der Waals surface area contributed by atoms with Gasteiger partial charge in [0.1, 0.15) is 0 Å². The summed E-state index contributed by atoms with van der Waals surface area (Å²) in [5.74, 6) is 0. The second-order valence-electron chi connectivity index (χ2n) is 3.03. The summed E-state index contributed by atoms with van der Waals surface area (Å²) in [5.41, 5.74) is 0.0243. The number of aliphatic imine (C=N–C) groups is 1. The maximum atomic E-state index is 10.00. The summed E-state index contributed by atoms with van der Waals surface area (Å²) in [6.45, 7) is 2.13. The van der Waals surface area contributed by atoms with Gasteiger partial charge in [-0.3, -0.25) is 0 Å². The van der Waals surface area contributed by atoms with E-state index in [9.17, 15) is 4.79 Å². The minimum atomic E-state index is 0.0243. The van der Waals surface area contributed by atoms with Crippen molar-refractivity contribution in [2.24, 2.45) is 4.99 Å². The summed E-state index contributed by atoms with van der Waals surface area (Å²) in [6, 6.07) is 0. The van der Waals surface area contributed by atoms with E-state index in [-0.39, 0.29) is 5.54 Å². The molecule has 0 saturated heterocycles. The highest BCUT2D eigenvalue weighted by Gasteiger charge is 2.35. The number of hydrogen-bond donors (Lipinski definition) is 0. The summed E-state index contributed by atoms with van der Waals surface area (Å²) in [4.78, 5) is 13.8. The largest absolute Gasteiger partial charge is 0.235 e. The van der Waals surface area contributed by atoms with Crippen molar-refractivity contribution in [2.45, 2.75) is 44.6 Å². The lowest BCUT2D eigenvalue weighted by Crippen LogP contribution is -2.34. The lowest BCUT2D eigenvalue weighted by Gasteiger charge is -2.36. The Kier molecular flexibility index (Phi) is 2.23. The Morgan fingerprint density at radius 2 is 2.30 bits per heavy atom. The molecule has 1 aliphatic rings. The average molecular weight is 139 g/mol. The first-order valence-corrected chi connectivity index (χ1v) is 3.92. The lowest BCUT2D eigenvalue weighted by molar-refractivity contribution is 0.232. The third-order valence-corrected chi connectivity index (χ3v) is 2.28. The minimum absolute atomic E-state index is 0.0243. The monoisotopic (exact) mass is 139 g/mol. The van der Waals surface area contributed by atoms with Crippen LogP contribution >= 0.6 is 0 Å². The van der Waals surface area contributed by atoms with Crippen LogP contribution in [0.3, 0.4) is 0 Å². The maximum Gasteiger partial charge on any atom is 0.235 e. The van der Waals surface area contributed by atoms with Gasteiger partial charge in [-0.05, 0) is 25.7 Å². The van der Waals surface area contributed by atoms with Crippen molar-refractivity contribution in [2.75, 3.05) is 0 Å². The van der Waals surface area contributed by atoms with Crippen LogP contribution in [-0.2, 0) is 4.79 Å². The Balaban J connectivity index is 2.50. The van der Waals surface area contributed by atoms with Gasteiger partial charge < -0.3 is 0 Å². The van der Waals surface area contributed by atoms with E-state index in [1.807, 2.05) is 0 Å². The molecule has 0 N–H and O–H groups in total. The van der Waals surface area contributed by atoms with Crippen LogP contribution < -0.4 is 0 Å². The summed E-state index contributed by atoms with van der Waals surface area (Å²) < 4.78 is 0. The second-order valence-corrected chi connectivity index (χ2v) is 3.03. The highest BCUT2D eigenvalue weighted by atomic mass is 16.1. The van der Waals surface area contributed by atoms with Gasteiger partial charge in [0.05, 0.1) is 5.54 Å². The van der Waals surface area contributed by atoms with Crippen LogP contribution in [0.4, 0.5) is 0 Å². The standard InChI is InChI=1S/C8H13NO/c1-2-4-8(9-7-10)5-3-6-8/h2-6H2,1H3. The molecular weight excluding hydrogens is 126 g/mol. The topological polar surface area (TPSA) is 29.4 Å². The molecule has 56 valence electrons. The molecule has 1 aliphatic carbocycles. The van der Waals surface area contributed by atoms with E-state index in [0.717, 1.165) is 25.7 Å². The lowest BCUT2D eigenvalue weighted by atomic mass is 9.74. The SMILES string of the molecule is CCCC1(N=C=O)CCC1. The van der Waals surface area contributed by atoms with Gasteiger partial charge in [0.25, 0.3) is 0 Å². The third-order valence-electron chi connectivity index (χ3n) is 2.28. The number of carbonyl (C=O) groups excluding carboxylic acids is 1. The highest BCUT2D eigenvalue weighted by Crippen LogP contribution is 2.39. The molecule has 0 aromatic rings. The van der Waals surface area contributed by atoms with Crippen LogP contribution in [0.1, 0.15) is 39.0 Å². The van der Waals surface area contributed by atoms with Crippen molar-refractivity contribution in [3.63, 3.8) is 0 Å². The predicted octanol–water partition coefficient (Wildman–Crippen LogP) is 2.04. The Labute approximate surface area is 61.3 Å². The molecule has 10 heavy (non-hydrogen) atoms. The van der Waals surface area contributed by atoms with Crippen LogP contribution in [0.15, 0.2) is 4.99 Å². The molecule has 1 fully saturated rings. The van der Waals surface area contributed by atoms with E-state index < -0.39 is 0 Å². The van der Waals surface area contributed by atoms with Gasteiger partial charge in [-0.25, -0.2) is 4.79 Å². The Morgan fingerprint density at radius 1 is 1.60 bits per heavy atom. The molecular formula is C8H13NO. The molecule has 2 heteroatoms. The molecule has 0 radical (unpaired) electrons. The van der Waals surface area contributed by atoms with E-state index >= 15 is 0 Å². The van der Waals surface area contributed by atoms with Crippen LogP contribution in [0, 0.1) is 0 Å². The van der Waals surface area contributed by atoms with Crippen LogP contribution in [0.5, 0.6) is 0 Å². The molecule has 0 spiro atoms. The molecule has 0 bridgehead atoms. The highest BCUT2D eigenvalue weighted by molar-refractivity contribution is 5.35. The molecule has 1 saturated carbocycles. The fourth-order valence-electron chi connectivity index (χ4n) is 1.56. The third kappa shape index (κ3) is 1.27. The van der Waals surface area contributed by atoms with Crippen molar-refractivity contribution in [1.29, 1.82) is 0 Å². The first-order valence-electron chi connectivity index (χ1n) is 3.92. The van der Waals surface area contributed by atoms with Gasteiger partial charge in [-0.1, -0.05) is 13.3 Å². The zero-order valence-corrected chi connectivity index (χ0v) is 6.39. The van der Waals surface area contributed by atoms with E-state index in [0.29, 0.717) is 0 Å². The van der Waals surface area contributed by atoms with E-state index in [1.165, 1.54) is 6.42 Å². The zero-order valence-electron chi connectivity index (χ0n) is 6.39. The van der Waals surface area contributed by atoms with E-state index in [1.54, 1.807) is 6.08 Å².